The highest BCUT2D eigenvalue weighted by atomic mass is 16.5. The third-order valence-electron chi connectivity index (χ3n) is 4.43. The summed E-state index contributed by atoms with van der Waals surface area (Å²) in [5.41, 5.74) is 1.27. The largest absolute Gasteiger partial charge is 0.503 e. The molecule has 1 aromatic carbocycles. The van der Waals surface area contributed by atoms with Gasteiger partial charge >= 0.3 is 11.9 Å². The molecule has 0 spiro atoms. The van der Waals surface area contributed by atoms with Crippen molar-refractivity contribution < 1.29 is 23.8 Å². The van der Waals surface area contributed by atoms with E-state index in [9.17, 15) is 9.59 Å². The molecule has 5 nitrogen and oxygen atoms in total. The van der Waals surface area contributed by atoms with E-state index in [1.54, 1.807) is 12.1 Å². The van der Waals surface area contributed by atoms with Gasteiger partial charge in [-0.05, 0) is 30.4 Å². The molecule has 1 aliphatic rings. The Morgan fingerprint density at radius 2 is 1.96 bits per heavy atom. The first-order valence-electron chi connectivity index (χ1n) is 7.50. The highest BCUT2D eigenvalue weighted by molar-refractivity contribution is 6.16. The summed E-state index contributed by atoms with van der Waals surface area (Å²) < 4.78 is 15.2. The summed E-state index contributed by atoms with van der Waals surface area (Å²) in [5, 5.41) is 0. The van der Waals surface area contributed by atoms with Gasteiger partial charge in [0.15, 0.2) is 0 Å². The summed E-state index contributed by atoms with van der Waals surface area (Å²) in [7, 11) is 2.77. The van der Waals surface area contributed by atoms with Crippen molar-refractivity contribution in [2.45, 2.75) is 26.9 Å². The number of methoxy groups -OCH3 is 2. The third kappa shape index (κ3) is 3.55. The predicted molar refractivity (Wildman–Crippen MR) is 85.1 cm³/mol. The fourth-order valence-corrected chi connectivity index (χ4v) is 2.53. The van der Waals surface area contributed by atoms with E-state index in [1.807, 2.05) is 26.0 Å². The lowest BCUT2D eigenvalue weighted by Gasteiger charge is -2.14. The highest BCUT2D eigenvalue weighted by Crippen LogP contribution is 2.52. The molecule has 1 aromatic rings. The number of benzene rings is 1. The van der Waals surface area contributed by atoms with Gasteiger partial charge in [0.25, 0.3) is 0 Å². The highest BCUT2D eigenvalue weighted by Gasteiger charge is 2.54. The molecule has 1 fully saturated rings. The second-order valence-corrected chi connectivity index (χ2v) is 6.01. The Labute approximate surface area is 136 Å². The molecule has 0 N–H and O–H groups in total. The van der Waals surface area contributed by atoms with Crippen LogP contribution < -0.4 is 0 Å². The van der Waals surface area contributed by atoms with Crippen molar-refractivity contribution in [3.05, 3.63) is 41.7 Å². The van der Waals surface area contributed by atoms with Crippen molar-refractivity contribution in [1.82, 2.24) is 0 Å². The first-order chi connectivity index (χ1) is 10.9. The molecular formula is C18H22O5. The van der Waals surface area contributed by atoms with Gasteiger partial charge in [0.05, 0.1) is 25.9 Å². The quantitative estimate of drug-likeness (QED) is 0.458. The molecule has 1 aliphatic carbocycles. The van der Waals surface area contributed by atoms with E-state index in [0.29, 0.717) is 11.5 Å². The van der Waals surface area contributed by atoms with Crippen molar-refractivity contribution in [3.8, 4) is 0 Å². The molecule has 23 heavy (non-hydrogen) atoms. The van der Waals surface area contributed by atoms with Crippen LogP contribution in [0.5, 0.6) is 0 Å². The second kappa shape index (κ2) is 6.86. The van der Waals surface area contributed by atoms with Crippen molar-refractivity contribution in [1.29, 1.82) is 0 Å². The molecule has 0 saturated heterocycles. The summed E-state index contributed by atoms with van der Waals surface area (Å²) in [6.07, 6.45) is 2.18. The summed E-state index contributed by atoms with van der Waals surface area (Å²) in [6.45, 7) is 4.05. The van der Waals surface area contributed by atoms with Gasteiger partial charge in [-0.15, -0.1) is 0 Å². The Morgan fingerprint density at radius 3 is 2.52 bits per heavy atom. The SMILES string of the molecule is COC=C(C(=O)OC)c1ccccc1COC(=O)C1(C)CC1C. The van der Waals surface area contributed by atoms with Crippen LogP contribution >= 0.6 is 0 Å². The van der Waals surface area contributed by atoms with Crippen LogP contribution in [-0.4, -0.2) is 26.2 Å². The van der Waals surface area contributed by atoms with Crippen LogP contribution in [0.25, 0.3) is 5.57 Å². The summed E-state index contributed by atoms with van der Waals surface area (Å²) >= 11 is 0. The molecule has 0 aliphatic heterocycles. The van der Waals surface area contributed by atoms with E-state index in [2.05, 4.69) is 0 Å². The summed E-state index contributed by atoms with van der Waals surface area (Å²) in [6, 6.07) is 7.22. The number of esters is 2. The van der Waals surface area contributed by atoms with E-state index < -0.39 is 5.97 Å². The lowest BCUT2D eigenvalue weighted by Crippen LogP contribution is -2.18. The van der Waals surface area contributed by atoms with Crippen LogP contribution in [0, 0.1) is 11.3 Å². The van der Waals surface area contributed by atoms with Crippen LogP contribution in [0.15, 0.2) is 30.5 Å². The van der Waals surface area contributed by atoms with Crippen molar-refractivity contribution >= 4 is 17.5 Å². The molecule has 2 rings (SSSR count). The lowest BCUT2D eigenvalue weighted by atomic mass is 10.0. The van der Waals surface area contributed by atoms with Crippen LogP contribution in [0.3, 0.4) is 0 Å². The maximum absolute atomic E-state index is 12.2. The van der Waals surface area contributed by atoms with Crippen molar-refractivity contribution in [3.63, 3.8) is 0 Å². The number of carbonyl (C=O) groups excluding carboxylic acids is 2. The Morgan fingerprint density at radius 1 is 1.30 bits per heavy atom. The molecule has 5 heteroatoms. The molecule has 0 bridgehead atoms. The zero-order valence-electron chi connectivity index (χ0n) is 13.9. The van der Waals surface area contributed by atoms with Crippen LogP contribution in [0.4, 0.5) is 0 Å². The average molecular weight is 318 g/mol. The van der Waals surface area contributed by atoms with Gasteiger partial charge in [-0.1, -0.05) is 31.2 Å². The van der Waals surface area contributed by atoms with E-state index in [1.165, 1.54) is 20.5 Å². The van der Waals surface area contributed by atoms with Gasteiger partial charge in [-0.25, -0.2) is 4.79 Å². The normalized spacial score (nSPS) is 23.1. The lowest BCUT2D eigenvalue weighted by molar-refractivity contribution is -0.151. The van der Waals surface area contributed by atoms with E-state index in [4.69, 9.17) is 14.2 Å². The molecule has 0 radical (unpaired) electrons. The number of rotatable bonds is 6. The summed E-state index contributed by atoms with van der Waals surface area (Å²) in [4.78, 5) is 24.1. The number of hydrogen-bond donors (Lipinski definition) is 0. The maximum atomic E-state index is 12.2. The van der Waals surface area contributed by atoms with Gasteiger partial charge in [0.1, 0.15) is 12.2 Å². The molecule has 2 unspecified atom stereocenters. The zero-order valence-corrected chi connectivity index (χ0v) is 13.9. The van der Waals surface area contributed by atoms with Crippen LogP contribution in [0.1, 0.15) is 31.4 Å². The minimum atomic E-state index is -0.506. The monoisotopic (exact) mass is 318 g/mol. The minimum Gasteiger partial charge on any atom is -0.503 e. The first kappa shape index (κ1) is 17.1. The van der Waals surface area contributed by atoms with Crippen molar-refractivity contribution in [2.75, 3.05) is 14.2 Å². The van der Waals surface area contributed by atoms with Gasteiger partial charge in [0, 0.05) is 0 Å². The van der Waals surface area contributed by atoms with Gasteiger partial charge in [-0.3, -0.25) is 4.79 Å². The average Bonchev–Trinajstić information content (AvgIpc) is 3.18. The van der Waals surface area contributed by atoms with E-state index >= 15 is 0 Å². The van der Waals surface area contributed by atoms with E-state index in [-0.39, 0.29) is 23.6 Å². The van der Waals surface area contributed by atoms with Gasteiger partial charge in [0.2, 0.25) is 0 Å². The predicted octanol–water partition coefficient (Wildman–Crippen LogP) is 2.94. The molecule has 0 amide bonds. The first-order valence-corrected chi connectivity index (χ1v) is 7.50. The van der Waals surface area contributed by atoms with E-state index in [0.717, 1.165) is 12.0 Å². The minimum absolute atomic E-state index is 0.107. The zero-order chi connectivity index (χ0) is 17.0. The molecule has 1 saturated carbocycles. The molecule has 124 valence electrons. The Bertz CT molecular complexity index is 634. The fraction of sp³-hybridized carbons (Fsp3) is 0.444. The van der Waals surface area contributed by atoms with Crippen LogP contribution in [0.2, 0.25) is 0 Å². The molecule has 0 heterocycles. The van der Waals surface area contributed by atoms with Gasteiger partial charge in [-0.2, -0.15) is 0 Å². The molecule has 0 aromatic heterocycles. The Kier molecular flexibility index (Phi) is 5.08. The van der Waals surface area contributed by atoms with Gasteiger partial charge < -0.3 is 14.2 Å². The standard InChI is InChI=1S/C18H22O5/c1-12-9-18(12,2)17(20)23-10-13-7-5-6-8-14(13)15(11-21-3)16(19)22-4/h5-8,11-12H,9-10H2,1-4H3. The Hall–Kier alpha value is -2.30. The number of hydrogen-bond acceptors (Lipinski definition) is 5. The number of carbonyl (C=O) groups is 2. The molecular weight excluding hydrogens is 296 g/mol. The smallest absolute Gasteiger partial charge is 0.341 e. The maximum Gasteiger partial charge on any atom is 0.341 e. The Balaban J connectivity index is 2.18. The second-order valence-electron chi connectivity index (χ2n) is 6.01. The summed E-state index contributed by atoms with van der Waals surface area (Å²) in [5.74, 6) is -0.354. The third-order valence-corrected chi connectivity index (χ3v) is 4.43. The molecule has 2 atom stereocenters. The van der Waals surface area contributed by atoms with Crippen LogP contribution in [-0.2, 0) is 30.4 Å². The fourth-order valence-electron chi connectivity index (χ4n) is 2.53. The van der Waals surface area contributed by atoms with Crippen molar-refractivity contribution in [2.24, 2.45) is 11.3 Å². The topological polar surface area (TPSA) is 61.8 Å². The number of ether oxygens (including phenoxy) is 3.